The number of nitrogens with one attached hydrogen (secondary N) is 2. The Bertz CT molecular complexity index is 704. The molecule has 1 fully saturated rings. The summed E-state index contributed by atoms with van der Waals surface area (Å²) in [5, 5.41) is 6.75. The number of amides is 1. The van der Waals surface area contributed by atoms with Gasteiger partial charge in [0.05, 0.1) is 17.2 Å². The maximum Gasteiger partial charge on any atom is 0.261 e. The summed E-state index contributed by atoms with van der Waals surface area (Å²) >= 11 is 0. The van der Waals surface area contributed by atoms with Crippen LogP contribution >= 0.6 is 0 Å². The molecule has 1 aliphatic rings. The molecule has 3 rings (SSSR count). The van der Waals surface area contributed by atoms with E-state index in [9.17, 15) is 9.59 Å². The van der Waals surface area contributed by atoms with Crippen molar-refractivity contribution in [3.8, 4) is 0 Å². The predicted octanol–water partition coefficient (Wildman–Crippen LogP) is 0.265. The minimum absolute atomic E-state index is 0.0243. The molecule has 1 aromatic carbocycles. The van der Waals surface area contributed by atoms with Gasteiger partial charge in [0.25, 0.3) is 5.56 Å². The van der Waals surface area contributed by atoms with Crippen molar-refractivity contribution in [2.45, 2.75) is 25.4 Å². The molecule has 1 atom stereocenters. The number of hydrogen-bond acceptors (Lipinski definition) is 4. The second kappa shape index (κ2) is 6.05. The Morgan fingerprint density at radius 1 is 1.43 bits per heavy atom. The first-order valence-electron chi connectivity index (χ1n) is 7.18. The SMILES string of the molecule is O=C(CCn1cnc2ccccc2c1=O)NC1CCNC1. The van der Waals surface area contributed by atoms with Crippen LogP contribution in [0, 0.1) is 0 Å². The van der Waals surface area contributed by atoms with Gasteiger partial charge in [0.2, 0.25) is 5.91 Å². The number of aromatic nitrogens is 2. The highest BCUT2D eigenvalue weighted by Crippen LogP contribution is 2.05. The largest absolute Gasteiger partial charge is 0.352 e. The molecule has 0 aliphatic carbocycles. The van der Waals surface area contributed by atoms with Gasteiger partial charge in [-0.25, -0.2) is 4.98 Å². The second-order valence-electron chi connectivity index (χ2n) is 5.27. The third-order valence-electron chi connectivity index (χ3n) is 3.74. The zero-order valence-electron chi connectivity index (χ0n) is 11.7. The van der Waals surface area contributed by atoms with E-state index >= 15 is 0 Å². The minimum atomic E-state index is -0.101. The van der Waals surface area contributed by atoms with Gasteiger partial charge in [0, 0.05) is 25.6 Å². The number of hydrogen-bond donors (Lipinski definition) is 2. The highest BCUT2D eigenvalue weighted by atomic mass is 16.2. The van der Waals surface area contributed by atoms with Crippen molar-refractivity contribution in [2.75, 3.05) is 13.1 Å². The Hall–Kier alpha value is -2.21. The second-order valence-corrected chi connectivity index (χ2v) is 5.27. The van der Waals surface area contributed by atoms with Gasteiger partial charge in [-0.2, -0.15) is 0 Å². The number of carbonyl (C=O) groups is 1. The van der Waals surface area contributed by atoms with Crippen LogP contribution in [0.15, 0.2) is 35.4 Å². The molecule has 2 aromatic rings. The summed E-state index contributed by atoms with van der Waals surface area (Å²) < 4.78 is 1.49. The molecule has 0 radical (unpaired) electrons. The average Bonchev–Trinajstić information content (AvgIpc) is 3.00. The van der Waals surface area contributed by atoms with Gasteiger partial charge in [-0.3, -0.25) is 14.2 Å². The van der Waals surface area contributed by atoms with Crippen molar-refractivity contribution in [1.82, 2.24) is 20.2 Å². The topological polar surface area (TPSA) is 76.0 Å². The van der Waals surface area contributed by atoms with Crippen molar-refractivity contribution in [2.24, 2.45) is 0 Å². The molecule has 110 valence electrons. The van der Waals surface area contributed by atoms with E-state index in [1.807, 2.05) is 12.1 Å². The summed E-state index contributed by atoms with van der Waals surface area (Å²) in [4.78, 5) is 28.4. The Kier molecular flexibility index (Phi) is 3.96. The molecule has 0 bridgehead atoms. The van der Waals surface area contributed by atoms with Crippen LogP contribution in [0.1, 0.15) is 12.8 Å². The minimum Gasteiger partial charge on any atom is -0.352 e. The van der Waals surface area contributed by atoms with Crippen LogP contribution in [0.5, 0.6) is 0 Å². The van der Waals surface area contributed by atoms with E-state index in [1.54, 1.807) is 12.1 Å². The number of nitrogens with zero attached hydrogens (tertiary/aromatic N) is 2. The van der Waals surface area contributed by atoms with Crippen LogP contribution in [-0.4, -0.2) is 34.6 Å². The molecule has 1 unspecified atom stereocenters. The van der Waals surface area contributed by atoms with E-state index < -0.39 is 0 Å². The lowest BCUT2D eigenvalue weighted by Crippen LogP contribution is -2.37. The highest BCUT2D eigenvalue weighted by molar-refractivity contribution is 5.77. The van der Waals surface area contributed by atoms with Gasteiger partial charge in [0.15, 0.2) is 0 Å². The summed E-state index contributed by atoms with van der Waals surface area (Å²) in [6.45, 7) is 2.12. The summed E-state index contributed by atoms with van der Waals surface area (Å²) in [5.74, 6) is -0.0243. The van der Waals surface area contributed by atoms with E-state index in [0.29, 0.717) is 17.4 Å². The van der Waals surface area contributed by atoms with Gasteiger partial charge in [-0.1, -0.05) is 12.1 Å². The summed E-state index contributed by atoms with van der Waals surface area (Å²) in [5.41, 5.74) is 0.580. The van der Waals surface area contributed by atoms with Gasteiger partial charge < -0.3 is 10.6 Å². The molecule has 1 saturated heterocycles. The van der Waals surface area contributed by atoms with Crippen molar-refractivity contribution >= 4 is 16.8 Å². The van der Waals surface area contributed by atoms with Crippen LogP contribution in [0.3, 0.4) is 0 Å². The summed E-state index contributed by atoms with van der Waals surface area (Å²) in [6, 6.07) is 7.44. The average molecular weight is 286 g/mol. The van der Waals surface area contributed by atoms with Gasteiger partial charge >= 0.3 is 0 Å². The number of rotatable bonds is 4. The van der Waals surface area contributed by atoms with E-state index in [2.05, 4.69) is 15.6 Å². The number of fused-ring (bicyclic) bond motifs is 1. The number of para-hydroxylation sites is 1. The number of aryl methyl sites for hydroxylation is 1. The van der Waals surface area contributed by atoms with Gasteiger partial charge in [-0.15, -0.1) is 0 Å². The molecular formula is C15H18N4O2. The third-order valence-corrected chi connectivity index (χ3v) is 3.74. The lowest BCUT2D eigenvalue weighted by molar-refractivity contribution is -0.121. The number of benzene rings is 1. The molecule has 0 spiro atoms. The van der Waals surface area contributed by atoms with Crippen LogP contribution < -0.4 is 16.2 Å². The summed E-state index contributed by atoms with van der Waals surface area (Å²) in [7, 11) is 0. The molecule has 6 heteroatoms. The fraction of sp³-hybridized carbons (Fsp3) is 0.400. The first-order valence-corrected chi connectivity index (χ1v) is 7.18. The van der Waals surface area contributed by atoms with E-state index in [0.717, 1.165) is 19.5 Å². The van der Waals surface area contributed by atoms with E-state index in [4.69, 9.17) is 0 Å². The molecule has 0 saturated carbocycles. The molecule has 2 heterocycles. The molecule has 21 heavy (non-hydrogen) atoms. The van der Waals surface area contributed by atoms with Crippen molar-refractivity contribution in [1.29, 1.82) is 0 Å². The quantitative estimate of drug-likeness (QED) is 0.845. The first-order chi connectivity index (χ1) is 10.2. The monoisotopic (exact) mass is 286 g/mol. The van der Waals surface area contributed by atoms with Crippen LogP contribution in [0.2, 0.25) is 0 Å². The maximum absolute atomic E-state index is 12.3. The molecule has 6 nitrogen and oxygen atoms in total. The van der Waals surface area contributed by atoms with Crippen LogP contribution in [0.25, 0.3) is 10.9 Å². The zero-order chi connectivity index (χ0) is 14.7. The fourth-order valence-corrected chi connectivity index (χ4v) is 2.57. The Morgan fingerprint density at radius 3 is 3.10 bits per heavy atom. The highest BCUT2D eigenvalue weighted by Gasteiger charge is 2.16. The smallest absolute Gasteiger partial charge is 0.261 e. The van der Waals surface area contributed by atoms with Crippen LogP contribution in [-0.2, 0) is 11.3 Å². The fourth-order valence-electron chi connectivity index (χ4n) is 2.57. The van der Waals surface area contributed by atoms with Crippen molar-refractivity contribution in [3.05, 3.63) is 40.9 Å². The molecule has 2 N–H and O–H groups in total. The lowest BCUT2D eigenvalue weighted by Gasteiger charge is -2.11. The molecular weight excluding hydrogens is 268 g/mol. The van der Waals surface area contributed by atoms with E-state index in [1.165, 1.54) is 10.9 Å². The summed E-state index contributed by atoms with van der Waals surface area (Å²) in [6.07, 6.45) is 2.76. The maximum atomic E-state index is 12.3. The lowest BCUT2D eigenvalue weighted by atomic mass is 10.2. The van der Waals surface area contributed by atoms with Crippen molar-refractivity contribution in [3.63, 3.8) is 0 Å². The molecule has 1 aromatic heterocycles. The van der Waals surface area contributed by atoms with Gasteiger partial charge in [0.1, 0.15) is 0 Å². The first kappa shape index (κ1) is 13.8. The Morgan fingerprint density at radius 2 is 2.29 bits per heavy atom. The third kappa shape index (κ3) is 3.11. The predicted molar refractivity (Wildman–Crippen MR) is 80.0 cm³/mol. The zero-order valence-corrected chi connectivity index (χ0v) is 11.7. The van der Waals surface area contributed by atoms with Gasteiger partial charge in [-0.05, 0) is 25.1 Å². The van der Waals surface area contributed by atoms with Crippen LogP contribution in [0.4, 0.5) is 0 Å². The number of carbonyl (C=O) groups excluding carboxylic acids is 1. The van der Waals surface area contributed by atoms with E-state index in [-0.39, 0.29) is 23.9 Å². The standard InChI is InChI=1S/C15H18N4O2/c20-14(18-11-5-7-16-9-11)6-8-19-10-17-13-4-2-1-3-12(13)15(19)21/h1-4,10-11,16H,5-9H2,(H,18,20). The Labute approximate surface area is 122 Å². The molecule has 1 amide bonds. The van der Waals surface area contributed by atoms with Crippen molar-refractivity contribution < 1.29 is 4.79 Å². The normalized spacial score (nSPS) is 18.0. The Balaban J connectivity index is 1.66. The molecule has 1 aliphatic heterocycles.